The molecule has 0 bridgehead atoms. The van der Waals surface area contributed by atoms with E-state index < -0.39 is 18.0 Å². The number of amides is 2. The zero-order valence-electron chi connectivity index (χ0n) is 8.25. The van der Waals surface area contributed by atoms with Crippen LogP contribution in [-0.4, -0.2) is 39.5 Å². The van der Waals surface area contributed by atoms with E-state index in [0.717, 1.165) is 6.34 Å². The SMILES string of the molecule is NC=NC(=O)NC(Cc1cnc[nH]1)C(=O)O. The van der Waals surface area contributed by atoms with Crippen molar-refractivity contribution in [1.82, 2.24) is 15.3 Å². The maximum absolute atomic E-state index is 11.0. The molecule has 86 valence electrons. The van der Waals surface area contributed by atoms with Crippen LogP contribution in [0.15, 0.2) is 17.5 Å². The maximum Gasteiger partial charge on any atom is 0.343 e. The van der Waals surface area contributed by atoms with Gasteiger partial charge in [-0.2, -0.15) is 4.99 Å². The van der Waals surface area contributed by atoms with Gasteiger partial charge in [-0.3, -0.25) is 0 Å². The van der Waals surface area contributed by atoms with Gasteiger partial charge < -0.3 is 21.1 Å². The summed E-state index contributed by atoms with van der Waals surface area (Å²) in [6.07, 6.45) is 3.80. The highest BCUT2D eigenvalue weighted by Gasteiger charge is 2.20. The molecule has 0 aliphatic carbocycles. The number of H-pyrrole nitrogens is 1. The molecule has 8 heteroatoms. The lowest BCUT2D eigenvalue weighted by Gasteiger charge is -2.11. The van der Waals surface area contributed by atoms with Gasteiger partial charge in [0, 0.05) is 18.3 Å². The first-order valence-corrected chi connectivity index (χ1v) is 4.38. The largest absolute Gasteiger partial charge is 0.480 e. The van der Waals surface area contributed by atoms with E-state index in [4.69, 9.17) is 10.8 Å². The molecule has 0 aliphatic rings. The Morgan fingerprint density at radius 3 is 3.00 bits per heavy atom. The minimum Gasteiger partial charge on any atom is -0.480 e. The molecule has 1 unspecified atom stereocenters. The first-order chi connectivity index (χ1) is 7.63. The number of nitrogens with two attached hydrogens (primary N) is 1. The third-order valence-corrected chi connectivity index (χ3v) is 1.77. The minimum absolute atomic E-state index is 0.0984. The number of nitrogens with one attached hydrogen (secondary N) is 2. The van der Waals surface area contributed by atoms with Gasteiger partial charge >= 0.3 is 12.0 Å². The van der Waals surface area contributed by atoms with Gasteiger partial charge in [0.15, 0.2) is 0 Å². The third kappa shape index (κ3) is 3.40. The second-order valence-corrected chi connectivity index (χ2v) is 2.90. The van der Waals surface area contributed by atoms with E-state index in [9.17, 15) is 9.59 Å². The monoisotopic (exact) mass is 225 g/mol. The summed E-state index contributed by atoms with van der Waals surface area (Å²) >= 11 is 0. The number of carbonyl (C=O) groups excluding carboxylic acids is 1. The van der Waals surface area contributed by atoms with Gasteiger partial charge in [0.1, 0.15) is 6.04 Å². The van der Waals surface area contributed by atoms with E-state index in [1.165, 1.54) is 12.5 Å². The average Bonchev–Trinajstić information content (AvgIpc) is 2.69. The Labute approximate surface area is 90.6 Å². The molecule has 0 aromatic carbocycles. The predicted octanol–water partition coefficient (Wildman–Crippen LogP) is -0.898. The molecule has 0 saturated heterocycles. The lowest BCUT2D eigenvalue weighted by Crippen LogP contribution is -2.41. The Balaban J connectivity index is 2.61. The van der Waals surface area contributed by atoms with E-state index in [1.54, 1.807) is 0 Å². The van der Waals surface area contributed by atoms with Crippen LogP contribution in [-0.2, 0) is 11.2 Å². The molecule has 8 nitrogen and oxygen atoms in total. The quantitative estimate of drug-likeness (QED) is 0.389. The summed E-state index contributed by atoms with van der Waals surface area (Å²) in [5.74, 6) is -1.16. The molecular weight excluding hydrogens is 214 g/mol. The number of hydrogen-bond acceptors (Lipinski definition) is 3. The number of aliphatic imine (C=N–C) groups is 1. The van der Waals surface area contributed by atoms with Gasteiger partial charge in [-0.25, -0.2) is 14.6 Å². The number of carboxylic acids is 1. The Kier molecular flexibility index (Phi) is 4.01. The fourth-order valence-electron chi connectivity index (χ4n) is 1.07. The number of imidazole rings is 1. The van der Waals surface area contributed by atoms with Crippen molar-refractivity contribution >= 4 is 18.3 Å². The Morgan fingerprint density at radius 1 is 1.75 bits per heavy atom. The van der Waals surface area contributed by atoms with E-state index in [-0.39, 0.29) is 6.42 Å². The van der Waals surface area contributed by atoms with E-state index in [0.29, 0.717) is 5.69 Å². The number of rotatable bonds is 4. The molecule has 16 heavy (non-hydrogen) atoms. The van der Waals surface area contributed by atoms with Crippen LogP contribution in [0.3, 0.4) is 0 Å². The normalized spacial score (nSPS) is 12.5. The maximum atomic E-state index is 11.0. The summed E-state index contributed by atoms with van der Waals surface area (Å²) in [5.41, 5.74) is 5.50. The smallest absolute Gasteiger partial charge is 0.343 e. The van der Waals surface area contributed by atoms with Crippen molar-refractivity contribution in [3.63, 3.8) is 0 Å². The molecule has 1 rings (SSSR count). The topological polar surface area (TPSA) is 133 Å². The van der Waals surface area contributed by atoms with Gasteiger partial charge in [0.05, 0.1) is 12.7 Å². The number of carbonyl (C=O) groups is 2. The van der Waals surface area contributed by atoms with E-state index in [2.05, 4.69) is 20.3 Å². The van der Waals surface area contributed by atoms with Crippen LogP contribution >= 0.6 is 0 Å². The molecule has 2 amide bonds. The number of aromatic nitrogens is 2. The van der Waals surface area contributed by atoms with Crippen molar-refractivity contribution in [2.24, 2.45) is 10.7 Å². The van der Waals surface area contributed by atoms with Gasteiger partial charge in [0.25, 0.3) is 0 Å². The number of aromatic amines is 1. The first-order valence-electron chi connectivity index (χ1n) is 4.38. The van der Waals surface area contributed by atoms with Crippen molar-refractivity contribution in [2.45, 2.75) is 12.5 Å². The zero-order chi connectivity index (χ0) is 12.0. The number of urea groups is 1. The van der Waals surface area contributed by atoms with Gasteiger partial charge in [-0.1, -0.05) is 0 Å². The Morgan fingerprint density at radius 2 is 2.50 bits per heavy atom. The fraction of sp³-hybridized carbons (Fsp3) is 0.250. The highest BCUT2D eigenvalue weighted by Crippen LogP contribution is 1.99. The molecular formula is C8H11N5O3. The predicted molar refractivity (Wildman–Crippen MR) is 54.9 cm³/mol. The van der Waals surface area contributed by atoms with Gasteiger partial charge in [0.2, 0.25) is 0 Å². The van der Waals surface area contributed by atoms with Crippen LogP contribution in [0.2, 0.25) is 0 Å². The number of carboxylic acid groups (broad SMARTS) is 1. The van der Waals surface area contributed by atoms with Crippen LogP contribution in [0.25, 0.3) is 0 Å². The molecule has 0 spiro atoms. The van der Waals surface area contributed by atoms with E-state index in [1.807, 2.05) is 0 Å². The number of hydrogen-bond donors (Lipinski definition) is 4. The summed E-state index contributed by atoms with van der Waals surface area (Å²) in [6.45, 7) is 0. The van der Waals surface area contributed by atoms with Crippen LogP contribution < -0.4 is 11.1 Å². The van der Waals surface area contributed by atoms with Gasteiger partial charge in [-0.15, -0.1) is 0 Å². The summed E-state index contributed by atoms with van der Waals surface area (Å²) in [6, 6.07) is -1.87. The van der Waals surface area contributed by atoms with Crippen LogP contribution in [0.5, 0.6) is 0 Å². The molecule has 1 aromatic heterocycles. The highest BCUT2D eigenvalue weighted by molar-refractivity contribution is 5.86. The number of aliphatic carboxylic acids is 1. The van der Waals surface area contributed by atoms with Gasteiger partial charge in [-0.05, 0) is 0 Å². The van der Waals surface area contributed by atoms with Crippen molar-refractivity contribution in [3.8, 4) is 0 Å². The van der Waals surface area contributed by atoms with Crippen molar-refractivity contribution in [2.75, 3.05) is 0 Å². The second kappa shape index (κ2) is 5.49. The molecule has 1 heterocycles. The lowest BCUT2D eigenvalue weighted by molar-refractivity contribution is -0.139. The molecule has 0 radical (unpaired) electrons. The summed E-state index contributed by atoms with van der Waals surface area (Å²) in [7, 11) is 0. The summed E-state index contributed by atoms with van der Waals surface area (Å²) in [4.78, 5) is 31.5. The Bertz CT molecular complexity index is 386. The second-order valence-electron chi connectivity index (χ2n) is 2.90. The third-order valence-electron chi connectivity index (χ3n) is 1.77. The van der Waals surface area contributed by atoms with Crippen LogP contribution in [0.1, 0.15) is 5.69 Å². The molecule has 5 N–H and O–H groups in total. The molecule has 0 saturated carbocycles. The first kappa shape index (κ1) is 11.7. The van der Waals surface area contributed by atoms with Crippen LogP contribution in [0.4, 0.5) is 4.79 Å². The van der Waals surface area contributed by atoms with Crippen molar-refractivity contribution < 1.29 is 14.7 Å². The van der Waals surface area contributed by atoms with Crippen LogP contribution in [0, 0.1) is 0 Å². The highest BCUT2D eigenvalue weighted by atomic mass is 16.4. The fourth-order valence-corrected chi connectivity index (χ4v) is 1.07. The average molecular weight is 225 g/mol. The summed E-state index contributed by atoms with van der Waals surface area (Å²) < 4.78 is 0. The molecule has 0 aliphatic heterocycles. The van der Waals surface area contributed by atoms with Crippen molar-refractivity contribution in [3.05, 3.63) is 18.2 Å². The molecule has 1 aromatic rings. The number of nitrogens with zero attached hydrogens (tertiary/aromatic N) is 2. The Hall–Kier alpha value is -2.38. The molecule has 1 atom stereocenters. The standard InChI is InChI=1S/C8H11N5O3/c9-3-11-8(16)13-6(7(14)15)1-5-2-10-4-12-5/h2-4,6H,1H2,(H,10,12)(H,14,15)(H3,9,11,13,16). The molecule has 0 fully saturated rings. The lowest BCUT2D eigenvalue weighted by atomic mass is 10.2. The minimum atomic E-state index is -1.16. The summed E-state index contributed by atoms with van der Waals surface area (Å²) in [5, 5.41) is 11.0. The van der Waals surface area contributed by atoms with Crippen molar-refractivity contribution in [1.29, 1.82) is 0 Å². The van der Waals surface area contributed by atoms with E-state index >= 15 is 0 Å². The zero-order valence-corrected chi connectivity index (χ0v) is 8.25.